The zero-order valence-electron chi connectivity index (χ0n) is 17.8. The van der Waals surface area contributed by atoms with Crippen molar-refractivity contribution in [3.63, 3.8) is 0 Å². The summed E-state index contributed by atoms with van der Waals surface area (Å²) in [4.78, 5) is 29.5. The molecule has 2 atom stereocenters. The van der Waals surface area contributed by atoms with Crippen molar-refractivity contribution in [1.29, 1.82) is 5.26 Å². The molecule has 0 aliphatic heterocycles. The molecule has 31 heavy (non-hydrogen) atoms. The Bertz CT molecular complexity index is 1160. The van der Waals surface area contributed by atoms with Gasteiger partial charge in [-0.05, 0) is 54.7 Å². The van der Waals surface area contributed by atoms with E-state index in [1.807, 2.05) is 56.4 Å². The lowest BCUT2D eigenvalue weighted by Crippen LogP contribution is -2.38. The first-order valence-electron chi connectivity index (χ1n) is 10.7. The Morgan fingerprint density at radius 3 is 2.61 bits per heavy atom. The first kappa shape index (κ1) is 20.7. The molecule has 2 aromatic carbocycles. The Morgan fingerprint density at radius 1 is 1.16 bits per heavy atom. The molecule has 4 rings (SSSR count). The number of nitriles is 1. The first-order chi connectivity index (χ1) is 15.0. The molecule has 1 heterocycles. The predicted octanol–water partition coefficient (Wildman–Crippen LogP) is 4.23. The minimum absolute atomic E-state index is 0.00753. The largest absolute Gasteiger partial charge is 0.360 e. The van der Waals surface area contributed by atoms with Gasteiger partial charge < -0.3 is 15.2 Å². The van der Waals surface area contributed by atoms with E-state index in [1.165, 1.54) is 0 Å². The fourth-order valence-corrected chi connectivity index (χ4v) is 4.34. The van der Waals surface area contributed by atoms with Gasteiger partial charge in [-0.3, -0.25) is 9.59 Å². The van der Waals surface area contributed by atoms with E-state index in [9.17, 15) is 14.9 Å². The standard InChI is InChI=1S/C25H26N4O2/c1-3-24(30)28-20-9-10-21(13-20)29(2)25(31)17-6-4-16(5-7-17)18-8-11-23-22(12-18)19(14-26)15-27-23/h4-8,11-12,15,20-21,27H,3,9-10,13H2,1-2H3,(H,28,30)/t20-,21+/m0/s1. The van der Waals surface area contributed by atoms with E-state index in [0.717, 1.165) is 41.3 Å². The van der Waals surface area contributed by atoms with E-state index in [4.69, 9.17) is 0 Å². The SMILES string of the molecule is CCC(=O)N[C@H]1CC[C@@H](N(C)C(=O)c2ccc(-c3ccc4[nH]cc(C#N)c4c3)cc2)C1. The summed E-state index contributed by atoms with van der Waals surface area (Å²) in [6.45, 7) is 1.85. The molecule has 0 saturated heterocycles. The fourth-order valence-electron chi connectivity index (χ4n) is 4.34. The van der Waals surface area contributed by atoms with Crippen molar-refractivity contribution in [1.82, 2.24) is 15.2 Å². The van der Waals surface area contributed by atoms with Gasteiger partial charge >= 0.3 is 0 Å². The summed E-state index contributed by atoms with van der Waals surface area (Å²) in [6.07, 6.45) is 4.79. The number of hydrogen-bond donors (Lipinski definition) is 2. The normalized spacial score (nSPS) is 18.0. The van der Waals surface area contributed by atoms with Crippen molar-refractivity contribution >= 4 is 22.7 Å². The molecule has 0 spiro atoms. The monoisotopic (exact) mass is 414 g/mol. The number of nitrogens with zero attached hydrogens (tertiary/aromatic N) is 2. The number of carbonyl (C=O) groups excluding carboxylic acids is 2. The third-order valence-corrected chi connectivity index (χ3v) is 6.23. The van der Waals surface area contributed by atoms with Crippen LogP contribution in [0, 0.1) is 11.3 Å². The van der Waals surface area contributed by atoms with Crippen LogP contribution in [0.1, 0.15) is 48.5 Å². The minimum Gasteiger partial charge on any atom is -0.360 e. The van der Waals surface area contributed by atoms with Gasteiger partial charge in [0.1, 0.15) is 6.07 Å². The average molecular weight is 415 g/mol. The minimum atomic E-state index is -0.00753. The number of aromatic amines is 1. The topological polar surface area (TPSA) is 89.0 Å². The second-order valence-corrected chi connectivity index (χ2v) is 8.15. The fraction of sp³-hybridized carbons (Fsp3) is 0.320. The van der Waals surface area contributed by atoms with E-state index < -0.39 is 0 Å². The molecule has 1 aliphatic rings. The van der Waals surface area contributed by atoms with E-state index in [-0.39, 0.29) is 23.9 Å². The van der Waals surface area contributed by atoms with Crippen molar-refractivity contribution < 1.29 is 9.59 Å². The summed E-state index contributed by atoms with van der Waals surface area (Å²) in [7, 11) is 1.84. The van der Waals surface area contributed by atoms with E-state index >= 15 is 0 Å². The highest BCUT2D eigenvalue weighted by Crippen LogP contribution is 2.28. The van der Waals surface area contributed by atoms with E-state index in [1.54, 1.807) is 11.1 Å². The number of benzene rings is 2. The number of carbonyl (C=O) groups is 2. The quantitative estimate of drug-likeness (QED) is 0.655. The summed E-state index contributed by atoms with van der Waals surface area (Å²) >= 11 is 0. The predicted molar refractivity (Wildman–Crippen MR) is 120 cm³/mol. The molecule has 3 aromatic rings. The number of fused-ring (bicyclic) bond motifs is 1. The first-order valence-corrected chi connectivity index (χ1v) is 10.7. The van der Waals surface area contributed by atoms with Crippen molar-refractivity contribution in [2.75, 3.05) is 7.05 Å². The molecule has 6 heteroatoms. The van der Waals surface area contributed by atoms with Crippen LogP contribution in [0.3, 0.4) is 0 Å². The number of nitrogens with one attached hydrogen (secondary N) is 2. The molecule has 0 radical (unpaired) electrons. The number of hydrogen-bond acceptors (Lipinski definition) is 3. The van der Waals surface area contributed by atoms with Crippen LogP contribution in [0.4, 0.5) is 0 Å². The van der Waals surface area contributed by atoms with Crippen molar-refractivity contribution in [3.8, 4) is 17.2 Å². The maximum atomic E-state index is 13.0. The third kappa shape index (κ3) is 4.17. The highest BCUT2D eigenvalue weighted by atomic mass is 16.2. The lowest BCUT2D eigenvalue weighted by atomic mass is 10.0. The van der Waals surface area contributed by atoms with Crippen LogP contribution in [0.25, 0.3) is 22.0 Å². The molecule has 0 unspecified atom stereocenters. The third-order valence-electron chi connectivity index (χ3n) is 6.23. The van der Waals surface area contributed by atoms with Gasteiger partial charge in [-0.15, -0.1) is 0 Å². The Labute approximate surface area is 181 Å². The smallest absolute Gasteiger partial charge is 0.253 e. The maximum absolute atomic E-state index is 13.0. The number of aromatic nitrogens is 1. The Morgan fingerprint density at radius 2 is 1.90 bits per heavy atom. The second-order valence-electron chi connectivity index (χ2n) is 8.15. The van der Waals surface area contributed by atoms with Crippen LogP contribution in [0.5, 0.6) is 0 Å². The Kier molecular flexibility index (Phi) is 5.77. The van der Waals surface area contributed by atoms with E-state index in [2.05, 4.69) is 16.4 Å². The molecule has 1 fully saturated rings. The Balaban J connectivity index is 1.46. The van der Waals surface area contributed by atoms with Crippen LogP contribution >= 0.6 is 0 Å². The van der Waals surface area contributed by atoms with Crippen molar-refractivity contribution in [2.24, 2.45) is 0 Å². The molecule has 1 aliphatic carbocycles. The summed E-state index contributed by atoms with van der Waals surface area (Å²) in [6, 6.07) is 16.0. The summed E-state index contributed by atoms with van der Waals surface area (Å²) in [5.41, 5.74) is 4.19. The van der Waals surface area contributed by atoms with Gasteiger partial charge in [0.05, 0.1) is 5.56 Å². The molecule has 158 valence electrons. The van der Waals surface area contributed by atoms with Crippen LogP contribution in [0.15, 0.2) is 48.7 Å². The molecule has 1 saturated carbocycles. The van der Waals surface area contributed by atoms with Crippen molar-refractivity contribution in [3.05, 3.63) is 59.8 Å². The Hall–Kier alpha value is -3.59. The van der Waals surface area contributed by atoms with Gasteiger partial charge in [0.25, 0.3) is 5.91 Å². The molecule has 2 N–H and O–H groups in total. The molecular formula is C25H26N4O2. The van der Waals surface area contributed by atoms with E-state index in [0.29, 0.717) is 17.5 Å². The van der Waals surface area contributed by atoms with Crippen molar-refractivity contribution in [2.45, 2.75) is 44.7 Å². The van der Waals surface area contributed by atoms with Gasteiger partial charge in [-0.1, -0.05) is 25.1 Å². The second kappa shape index (κ2) is 8.65. The van der Waals surface area contributed by atoms with Crippen LogP contribution in [0.2, 0.25) is 0 Å². The number of rotatable bonds is 5. The molecular weight excluding hydrogens is 388 g/mol. The van der Waals surface area contributed by atoms with Gasteiger partial charge in [-0.2, -0.15) is 5.26 Å². The lowest BCUT2D eigenvalue weighted by Gasteiger charge is -2.25. The van der Waals surface area contributed by atoms with Crippen LogP contribution in [-0.2, 0) is 4.79 Å². The molecule has 1 aromatic heterocycles. The zero-order valence-corrected chi connectivity index (χ0v) is 17.8. The van der Waals surface area contributed by atoms with Gasteiger partial charge in [0.2, 0.25) is 5.91 Å². The highest BCUT2D eigenvalue weighted by Gasteiger charge is 2.30. The maximum Gasteiger partial charge on any atom is 0.253 e. The summed E-state index contributed by atoms with van der Waals surface area (Å²) < 4.78 is 0. The van der Waals surface area contributed by atoms with Crippen LogP contribution < -0.4 is 5.32 Å². The zero-order chi connectivity index (χ0) is 22.0. The van der Waals surface area contributed by atoms with Crippen LogP contribution in [-0.4, -0.2) is 40.8 Å². The van der Waals surface area contributed by atoms with Gasteiger partial charge in [0, 0.05) is 48.2 Å². The molecule has 2 amide bonds. The average Bonchev–Trinajstić information content (AvgIpc) is 3.44. The highest BCUT2D eigenvalue weighted by molar-refractivity contribution is 5.95. The van der Waals surface area contributed by atoms with Gasteiger partial charge in [0.15, 0.2) is 0 Å². The number of H-pyrrole nitrogens is 1. The van der Waals surface area contributed by atoms with Gasteiger partial charge in [-0.25, -0.2) is 0 Å². The molecule has 0 bridgehead atoms. The lowest BCUT2D eigenvalue weighted by molar-refractivity contribution is -0.121. The number of amides is 2. The summed E-state index contributed by atoms with van der Waals surface area (Å²) in [5, 5.41) is 13.2. The molecule has 6 nitrogen and oxygen atoms in total. The summed E-state index contributed by atoms with van der Waals surface area (Å²) in [5.74, 6) is 0.0572.